The van der Waals surface area contributed by atoms with Crippen molar-refractivity contribution in [1.82, 2.24) is 0 Å². The van der Waals surface area contributed by atoms with E-state index in [0.29, 0.717) is 6.42 Å². The van der Waals surface area contributed by atoms with Gasteiger partial charge in [-0.05, 0) is 17.9 Å². The first-order chi connectivity index (χ1) is 4.12. The van der Waals surface area contributed by atoms with Gasteiger partial charge >= 0.3 is 0 Å². The van der Waals surface area contributed by atoms with Crippen LogP contribution in [0.15, 0.2) is 12.3 Å². The van der Waals surface area contributed by atoms with Crippen LogP contribution < -0.4 is 0 Å². The number of hydrogen-bond donors (Lipinski definition) is 2. The van der Waals surface area contributed by atoms with E-state index >= 15 is 0 Å². The van der Waals surface area contributed by atoms with Crippen LogP contribution in [-0.2, 0) is 0 Å². The Balaban J connectivity index is 3.58. The molecule has 0 bridgehead atoms. The van der Waals surface area contributed by atoms with Crippen LogP contribution in [-0.4, -0.2) is 16.8 Å². The van der Waals surface area contributed by atoms with Crippen molar-refractivity contribution >= 4 is 0 Å². The first kappa shape index (κ1) is 8.50. The summed E-state index contributed by atoms with van der Waals surface area (Å²) in [5.74, 6) is 0. The predicted octanol–water partition coefficient (Wildman–Crippen LogP) is 1.47. The van der Waals surface area contributed by atoms with E-state index in [9.17, 15) is 0 Å². The van der Waals surface area contributed by atoms with Crippen molar-refractivity contribution in [2.45, 2.75) is 20.3 Å². The molecular weight excluding hydrogens is 116 g/mol. The molecule has 0 aliphatic carbocycles. The van der Waals surface area contributed by atoms with Gasteiger partial charge in [0.1, 0.15) is 0 Å². The van der Waals surface area contributed by atoms with Crippen LogP contribution in [0.1, 0.15) is 20.3 Å². The molecule has 0 atom stereocenters. The molecule has 54 valence electrons. The fourth-order valence-corrected chi connectivity index (χ4v) is 0.436. The summed E-state index contributed by atoms with van der Waals surface area (Å²) in [5, 5.41) is 17.0. The maximum atomic E-state index is 8.71. The van der Waals surface area contributed by atoms with E-state index in [1.165, 1.54) is 0 Å². The Morgan fingerprint density at radius 1 is 1.44 bits per heavy atom. The lowest BCUT2D eigenvalue weighted by molar-refractivity contribution is 0.161. The molecule has 2 heteroatoms. The largest absolute Gasteiger partial charge is 0.516 e. The molecule has 0 saturated carbocycles. The summed E-state index contributed by atoms with van der Waals surface area (Å²) in [6.07, 6.45) is 3.35. The van der Waals surface area contributed by atoms with E-state index in [4.69, 9.17) is 10.2 Å². The predicted molar refractivity (Wildman–Crippen MR) is 37.3 cm³/mol. The third kappa shape index (κ3) is 4.03. The maximum absolute atomic E-state index is 8.71. The number of allylic oxidation sites excluding steroid dienone is 1. The van der Waals surface area contributed by atoms with Crippen molar-refractivity contribution in [2.24, 2.45) is 5.41 Å². The van der Waals surface area contributed by atoms with E-state index in [1.54, 1.807) is 6.08 Å². The Hall–Kier alpha value is -0.500. The van der Waals surface area contributed by atoms with E-state index < -0.39 is 0 Å². The topological polar surface area (TPSA) is 40.5 Å². The molecule has 0 aliphatic rings. The standard InChI is InChI=1S/C7H14O2/c1-7(2,6-9)4-3-5-8/h3,5,8-9H,4,6H2,1-2H3. The van der Waals surface area contributed by atoms with Gasteiger partial charge in [-0.2, -0.15) is 0 Å². The molecule has 0 rings (SSSR count). The summed E-state index contributed by atoms with van der Waals surface area (Å²) in [5.41, 5.74) is -0.0980. The lowest BCUT2D eigenvalue weighted by atomic mass is 9.91. The molecule has 0 aromatic rings. The SMILES string of the molecule is CC(C)(CO)CC=CO. The maximum Gasteiger partial charge on any atom is 0.0751 e. The summed E-state index contributed by atoms with van der Waals surface area (Å²) in [7, 11) is 0. The highest BCUT2D eigenvalue weighted by atomic mass is 16.3. The Morgan fingerprint density at radius 2 is 2.00 bits per heavy atom. The minimum Gasteiger partial charge on any atom is -0.516 e. The second-order valence-corrected chi connectivity index (χ2v) is 2.91. The number of aliphatic hydroxyl groups is 2. The first-order valence-electron chi connectivity index (χ1n) is 3.02. The van der Waals surface area contributed by atoms with Gasteiger partial charge in [-0.1, -0.05) is 13.8 Å². The summed E-state index contributed by atoms with van der Waals surface area (Å²) in [6, 6.07) is 0. The molecule has 0 amide bonds. The number of hydrogen-bond acceptors (Lipinski definition) is 2. The molecule has 0 spiro atoms. The van der Waals surface area contributed by atoms with E-state index in [0.717, 1.165) is 6.26 Å². The van der Waals surface area contributed by atoms with Gasteiger partial charge in [0.2, 0.25) is 0 Å². The van der Waals surface area contributed by atoms with E-state index in [2.05, 4.69) is 0 Å². The molecule has 0 unspecified atom stereocenters. The quantitative estimate of drug-likeness (QED) is 0.568. The van der Waals surface area contributed by atoms with Gasteiger partial charge in [-0.15, -0.1) is 0 Å². The third-order valence-corrected chi connectivity index (χ3v) is 1.20. The Kier molecular flexibility index (Phi) is 3.32. The van der Waals surface area contributed by atoms with Crippen molar-refractivity contribution in [3.05, 3.63) is 12.3 Å². The summed E-state index contributed by atoms with van der Waals surface area (Å²) < 4.78 is 0. The van der Waals surface area contributed by atoms with Gasteiger partial charge < -0.3 is 10.2 Å². The summed E-state index contributed by atoms with van der Waals surface area (Å²) >= 11 is 0. The fourth-order valence-electron chi connectivity index (χ4n) is 0.436. The van der Waals surface area contributed by atoms with Gasteiger partial charge in [-0.25, -0.2) is 0 Å². The third-order valence-electron chi connectivity index (χ3n) is 1.20. The van der Waals surface area contributed by atoms with Crippen LogP contribution in [0.2, 0.25) is 0 Å². The van der Waals surface area contributed by atoms with Crippen molar-refractivity contribution < 1.29 is 10.2 Å². The molecule has 0 radical (unpaired) electrons. The van der Waals surface area contributed by atoms with Crippen molar-refractivity contribution in [3.8, 4) is 0 Å². The Morgan fingerprint density at radius 3 is 2.33 bits per heavy atom. The minimum atomic E-state index is -0.0980. The van der Waals surface area contributed by atoms with Crippen LogP contribution >= 0.6 is 0 Å². The van der Waals surface area contributed by atoms with Gasteiger partial charge in [0.05, 0.1) is 6.26 Å². The first-order valence-corrected chi connectivity index (χ1v) is 3.02. The normalized spacial score (nSPS) is 12.8. The van der Waals surface area contributed by atoms with Crippen molar-refractivity contribution in [2.75, 3.05) is 6.61 Å². The van der Waals surface area contributed by atoms with Gasteiger partial charge in [-0.3, -0.25) is 0 Å². The van der Waals surface area contributed by atoms with Crippen molar-refractivity contribution in [3.63, 3.8) is 0 Å². The van der Waals surface area contributed by atoms with Crippen LogP contribution in [0.4, 0.5) is 0 Å². The second kappa shape index (κ2) is 3.51. The van der Waals surface area contributed by atoms with E-state index in [1.807, 2.05) is 13.8 Å². The molecule has 0 heterocycles. The highest BCUT2D eigenvalue weighted by Crippen LogP contribution is 2.18. The summed E-state index contributed by atoms with van der Waals surface area (Å²) in [6.45, 7) is 4.03. The molecule has 2 N–H and O–H groups in total. The molecule has 0 aromatic heterocycles. The highest BCUT2D eigenvalue weighted by molar-refractivity contribution is 4.81. The smallest absolute Gasteiger partial charge is 0.0751 e. The monoisotopic (exact) mass is 130 g/mol. The molecule has 0 aliphatic heterocycles. The van der Waals surface area contributed by atoms with Gasteiger partial charge in [0.25, 0.3) is 0 Å². The zero-order valence-corrected chi connectivity index (χ0v) is 5.96. The van der Waals surface area contributed by atoms with E-state index in [-0.39, 0.29) is 12.0 Å². The van der Waals surface area contributed by atoms with Gasteiger partial charge in [0, 0.05) is 6.61 Å². The molecule has 0 saturated heterocycles. The number of rotatable bonds is 3. The lowest BCUT2D eigenvalue weighted by Crippen LogP contribution is -2.14. The Bertz CT molecular complexity index is 95.1. The van der Waals surface area contributed by atoms with Crippen LogP contribution in [0.5, 0.6) is 0 Å². The molecule has 0 fully saturated rings. The Labute approximate surface area is 55.8 Å². The molecule has 0 aromatic carbocycles. The fraction of sp³-hybridized carbons (Fsp3) is 0.714. The van der Waals surface area contributed by atoms with Crippen LogP contribution in [0, 0.1) is 5.41 Å². The molecule has 2 nitrogen and oxygen atoms in total. The van der Waals surface area contributed by atoms with Crippen LogP contribution in [0.3, 0.4) is 0 Å². The molecular formula is C7H14O2. The lowest BCUT2D eigenvalue weighted by Gasteiger charge is -2.18. The van der Waals surface area contributed by atoms with Crippen molar-refractivity contribution in [1.29, 1.82) is 0 Å². The summed E-state index contributed by atoms with van der Waals surface area (Å²) in [4.78, 5) is 0. The van der Waals surface area contributed by atoms with Crippen LogP contribution in [0.25, 0.3) is 0 Å². The molecule has 9 heavy (non-hydrogen) atoms. The highest BCUT2D eigenvalue weighted by Gasteiger charge is 2.13. The van der Waals surface area contributed by atoms with Gasteiger partial charge in [0.15, 0.2) is 0 Å². The average molecular weight is 130 g/mol. The zero-order chi connectivity index (χ0) is 7.33. The zero-order valence-electron chi connectivity index (χ0n) is 5.96. The average Bonchev–Trinajstić information content (AvgIpc) is 1.84. The second-order valence-electron chi connectivity index (χ2n) is 2.91. The number of aliphatic hydroxyl groups excluding tert-OH is 2. The minimum absolute atomic E-state index is 0.0980.